The largest absolute Gasteiger partial charge is 0.486 e. The smallest absolute Gasteiger partial charge is 0.305 e. The van der Waals surface area contributed by atoms with Gasteiger partial charge in [0.1, 0.15) is 17.5 Å². The summed E-state index contributed by atoms with van der Waals surface area (Å²) in [5, 5.41) is 15.7. The molecular weight excluding hydrogens is 528 g/mol. The number of nitrogens with zero attached hydrogens (tertiary/aromatic N) is 1. The third kappa shape index (κ3) is 10.1. The van der Waals surface area contributed by atoms with E-state index >= 15 is 0 Å². The average Bonchev–Trinajstić information content (AvgIpc) is 2.92. The van der Waals surface area contributed by atoms with Crippen molar-refractivity contribution in [1.29, 1.82) is 0 Å². The number of hydrogen-bond acceptors (Lipinski definition) is 5. The Kier molecular flexibility index (Phi) is 11.3. The van der Waals surface area contributed by atoms with E-state index in [-0.39, 0.29) is 25.0 Å². The molecule has 2 N–H and O–H groups in total. The van der Waals surface area contributed by atoms with Crippen molar-refractivity contribution in [3.8, 4) is 16.9 Å². The molecule has 7 nitrogen and oxygen atoms in total. The number of amides is 1. The highest BCUT2D eigenvalue weighted by atomic mass is 16.6. The van der Waals surface area contributed by atoms with Gasteiger partial charge in [0, 0.05) is 17.7 Å². The van der Waals surface area contributed by atoms with Gasteiger partial charge >= 0.3 is 5.97 Å². The van der Waals surface area contributed by atoms with Crippen LogP contribution in [0.2, 0.25) is 0 Å². The second kappa shape index (κ2) is 14.7. The van der Waals surface area contributed by atoms with Crippen LogP contribution >= 0.6 is 0 Å². The number of aliphatic carboxylic acids is 1. The molecule has 1 unspecified atom stereocenters. The van der Waals surface area contributed by atoms with Crippen molar-refractivity contribution in [3.05, 3.63) is 89.0 Å². The lowest BCUT2D eigenvalue weighted by Gasteiger charge is -2.22. The van der Waals surface area contributed by atoms with E-state index in [0.717, 1.165) is 28.7 Å². The Morgan fingerprint density at radius 3 is 2.14 bits per heavy atom. The Balaban J connectivity index is 1.89. The fourth-order valence-corrected chi connectivity index (χ4v) is 4.35. The van der Waals surface area contributed by atoms with Gasteiger partial charge in [-0.3, -0.25) is 9.59 Å². The average molecular weight is 573 g/mol. The minimum atomic E-state index is -0.951. The van der Waals surface area contributed by atoms with E-state index in [1.165, 1.54) is 5.56 Å². The first-order chi connectivity index (χ1) is 19.8. The summed E-state index contributed by atoms with van der Waals surface area (Å²) in [5.41, 5.74) is 5.28. The van der Waals surface area contributed by atoms with Crippen LogP contribution in [0.5, 0.6) is 5.75 Å². The van der Waals surface area contributed by atoms with E-state index in [1.807, 2.05) is 45.0 Å². The van der Waals surface area contributed by atoms with Gasteiger partial charge in [-0.2, -0.15) is 0 Å². The van der Waals surface area contributed by atoms with Crippen LogP contribution in [0.3, 0.4) is 0 Å². The van der Waals surface area contributed by atoms with E-state index in [2.05, 4.69) is 68.5 Å². The van der Waals surface area contributed by atoms with Crippen molar-refractivity contribution in [2.24, 2.45) is 11.1 Å². The number of carbonyl (C=O) groups is 2. The molecule has 0 radical (unpaired) electrons. The molecule has 0 bridgehead atoms. The summed E-state index contributed by atoms with van der Waals surface area (Å²) >= 11 is 0. The number of benzene rings is 3. The molecule has 0 aliphatic heterocycles. The minimum absolute atomic E-state index is 0.0826. The molecule has 0 aromatic heterocycles. The maximum atomic E-state index is 12.4. The molecule has 0 aliphatic rings. The van der Waals surface area contributed by atoms with Gasteiger partial charge in [-0.25, -0.2) is 0 Å². The van der Waals surface area contributed by atoms with Crippen molar-refractivity contribution in [3.63, 3.8) is 0 Å². The maximum absolute atomic E-state index is 12.4. The van der Waals surface area contributed by atoms with Gasteiger partial charge in [0.2, 0.25) is 0 Å². The van der Waals surface area contributed by atoms with E-state index in [0.29, 0.717) is 23.1 Å². The normalized spacial score (nSPS) is 12.5. The summed E-state index contributed by atoms with van der Waals surface area (Å²) in [6.07, 6.45) is 2.16. The molecular formula is C35H44N2O5. The van der Waals surface area contributed by atoms with Crippen molar-refractivity contribution < 1.29 is 24.3 Å². The second-order valence-corrected chi connectivity index (χ2v) is 12.2. The van der Waals surface area contributed by atoms with Gasteiger partial charge in [0.05, 0.1) is 12.6 Å². The zero-order chi connectivity index (χ0) is 30.9. The van der Waals surface area contributed by atoms with E-state index in [1.54, 1.807) is 18.3 Å². The molecule has 0 saturated carbocycles. The fraction of sp³-hybridized carbons (Fsp3) is 0.400. The van der Waals surface area contributed by atoms with Crippen LogP contribution in [-0.4, -0.2) is 35.3 Å². The number of carboxylic acids is 1. The van der Waals surface area contributed by atoms with Gasteiger partial charge in [-0.15, -0.1) is 0 Å². The van der Waals surface area contributed by atoms with Crippen molar-refractivity contribution in [2.75, 3.05) is 6.54 Å². The number of carboxylic acid groups (broad SMARTS) is 1. The maximum Gasteiger partial charge on any atom is 0.305 e. The predicted octanol–water partition coefficient (Wildman–Crippen LogP) is 8.00. The number of hydrogen-bond donors (Lipinski definition) is 2. The van der Waals surface area contributed by atoms with Crippen LogP contribution in [-0.2, 0) is 9.63 Å². The Hall–Kier alpha value is -4.13. The molecule has 3 aromatic carbocycles. The van der Waals surface area contributed by atoms with E-state index in [9.17, 15) is 9.59 Å². The SMILES string of the molecule is CC(C)CC(Oc1ccc(-c2ccc(C(C)C)cc2)c(C=NOC(C)(C)C)c1)c1ccc(C(=O)NCCC(=O)O)cc1. The molecule has 1 amide bonds. The molecule has 0 fully saturated rings. The molecule has 224 valence electrons. The lowest BCUT2D eigenvalue weighted by Crippen LogP contribution is -2.26. The highest BCUT2D eigenvalue weighted by Gasteiger charge is 2.18. The van der Waals surface area contributed by atoms with E-state index < -0.39 is 11.6 Å². The second-order valence-electron chi connectivity index (χ2n) is 12.2. The highest BCUT2D eigenvalue weighted by molar-refractivity contribution is 5.94. The van der Waals surface area contributed by atoms with Gasteiger partial charge < -0.3 is 20.0 Å². The Morgan fingerprint density at radius 1 is 0.929 bits per heavy atom. The number of oxime groups is 1. The third-order valence-electron chi connectivity index (χ3n) is 6.56. The summed E-state index contributed by atoms with van der Waals surface area (Å²) in [6, 6.07) is 21.9. The predicted molar refractivity (Wildman–Crippen MR) is 168 cm³/mol. The van der Waals surface area contributed by atoms with Crippen molar-refractivity contribution in [1.82, 2.24) is 5.32 Å². The van der Waals surface area contributed by atoms with Crippen LogP contribution in [0.1, 0.15) is 100 Å². The molecule has 3 aromatic rings. The zero-order valence-corrected chi connectivity index (χ0v) is 25.8. The molecule has 3 rings (SSSR count). The van der Waals surface area contributed by atoms with Gasteiger partial charge in [-0.1, -0.05) is 75.3 Å². The van der Waals surface area contributed by atoms with Gasteiger partial charge in [-0.05, 0) is 85.5 Å². The Morgan fingerprint density at radius 2 is 1.57 bits per heavy atom. The lowest BCUT2D eigenvalue weighted by molar-refractivity contribution is -0.136. The highest BCUT2D eigenvalue weighted by Crippen LogP contribution is 2.32. The minimum Gasteiger partial charge on any atom is -0.486 e. The molecule has 0 saturated heterocycles. The number of nitrogens with one attached hydrogen (secondary N) is 1. The number of ether oxygens (including phenoxy) is 1. The summed E-state index contributed by atoms with van der Waals surface area (Å²) < 4.78 is 6.56. The van der Waals surface area contributed by atoms with Crippen LogP contribution in [0, 0.1) is 5.92 Å². The van der Waals surface area contributed by atoms with Crippen LogP contribution in [0.25, 0.3) is 11.1 Å². The molecule has 1 atom stereocenters. The zero-order valence-electron chi connectivity index (χ0n) is 25.8. The van der Waals surface area contributed by atoms with Crippen molar-refractivity contribution >= 4 is 18.1 Å². The summed E-state index contributed by atoms with van der Waals surface area (Å²) in [4.78, 5) is 28.8. The molecule has 0 spiro atoms. The standard InChI is InChI=1S/C35H44N2O5/c1-23(2)20-32(27-12-14-28(15-13-27)34(40)36-19-18-33(38)39)41-30-16-17-31(26-10-8-25(9-11-26)24(3)4)29(21-30)22-37-42-35(5,6)7/h8-17,21-24,32H,18-20H2,1-7H3,(H,36,40)(H,38,39). The molecule has 0 aliphatic carbocycles. The van der Waals surface area contributed by atoms with E-state index in [4.69, 9.17) is 14.7 Å². The van der Waals surface area contributed by atoms with Gasteiger partial charge in [0.25, 0.3) is 5.91 Å². The Bertz CT molecular complexity index is 1350. The number of rotatable bonds is 13. The first-order valence-electron chi connectivity index (χ1n) is 14.5. The summed E-state index contributed by atoms with van der Waals surface area (Å²) in [5.74, 6) is 0.272. The summed E-state index contributed by atoms with van der Waals surface area (Å²) in [7, 11) is 0. The van der Waals surface area contributed by atoms with Crippen LogP contribution < -0.4 is 10.1 Å². The topological polar surface area (TPSA) is 97.2 Å². The first kappa shape index (κ1) is 32.4. The van der Waals surface area contributed by atoms with Gasteiger partial charge in [0.15, 0.2) is 0 Å². The quantitative estimate of drug-likeness (QED) is 0.160. The van der Waals surface area contributed by atoms with Crippen LogP contribution in [0.15, 0.2) is 71.9 Å². The first-order valence-corrected chi connectivity index (χ1v) is 14.5. The molecule has 42 heavy (non-hydrogen) atoms. The molecule has 7 heteroatoms. The third-order valence-corrected chi connectivity index (χ3v) is 6.56. The fourth-order valence-electron chi connectivity index (χ4n) is 4.35. The lowest BCUT2D eigenvalue weighted by atomic mass is 9.96. The molecule has 0 heterocycles. The van der Waals surface area contributed by atoms with Crippen molar-refractivity contribution in [2.45, 2.75) is 78.9 Å². The number of carbonyl (C=O) groups excluding carboxylic acids is 1. The monoisotopic (exact) mass is 572 g/mol. The van der Waals surface area contributed by atoms with Crippen LogP contribution in [0.4, 0.5) is 0 Å². The Labute approximate surface area is 249 Å². The summed E-state index contributed by atoms with van der Waals surface area (Å²) in [6.45, 7) is 14.6.